The zero-order valence-electron chi connectivity index (χ0n) is 13.4. The molecule has 2 nitrogen and oxygen atoms in total. The molecule has 2 heteroatoms. The van der Waals surface area contributed by atoms with Crippen LogP contribution in [0, 0.1) is 0 Å². The van der Waals surface area contributed by atoms with Crippen molar-refractivity contribution in [1.82, 2.24) is 0 Å². The molecule has 1 heterocycles. The minimum Gasteiger partial charge on any atom is -0.260 e. The predicted molar refractivity (Wildman–Crippen MR) is 97.5 cm³/mol. The van der Waals surface area contributed by atoms with E-state index >= 15 is 0 Å². The molecule has 1 saturated heterocycles. The topological polar surface area (TPSA) is 12.5 Å². The van der Waals surface area contributed by atoms with Crippen LogP contribution in [0.1, 0.15) is 23.3 Å². The van der Waals surface area contributed by atoms with E-state index in [1.165, 1.54) is 5.56 Å². The Morgan fingerprint density at radius 2 is 1.17 bits per heavy atom. The molecule has 2 atom stereocenters. The van der Waals surface area contributed by atoms with Gasteiger partial charge in [0.05, 0.1) is 5.69 Å². The molecule has 0 bridgehead atoms. The van der Waals surface area contributed by atoms with Gasteiger partial charge in [0.15, 0.2) is 0 Å². The molecule has 3 aromatic carbocycles. The van der Waals surface area contributed by atoms with Gasteiger partial charge in [-0.15, -0.1) is 0 Å². The standard InChI is InChI=1S/C22H19NO/c1-17-21(18-11-5-2-6-12-18)23(20-15-9-4-10-16-20)24-22(17)19-13-7-3-8-14-19/h2-16,21-22H,1H2. The summed E-state index contributed by atoms with van der Waals surface area (Å²) in [5, 5.41) is 1.98. The van der Waals surface area contributed by atoms with Crippen molar-refractivity contribution in [2.24, 2.45) is 0 Å². The summed E-state index contributed by atoms with van der Waals surface area (Å²) in [7, 11) is 0. The molecule has 1 fully saturated rings. The molecule has 0 aliphatic carbocycles. The molecule has 1 aliphatic heterocycles. The summed E-state index contributed by atoms with van der Waals surface area (Å²) in [6.45, 7) is 4.38. The van der Waals surface area contributed by atoms with Crippen LogP contribution in [-0.2, 0) is 4.84 Å². The molecule has 2 unspecified atom stereocenters. The van der Waals surface area contributed by atoms with Gasteiger partial charge in [-0.25, -0.2) is 5.06 Å². The summed E-state index contributed by atoms with van der Waals surface area (Å²) in [6, 6.07) is 30.9. The summed E-state index contributed by atoms with van der Waals surface area (Å²) in [5.74, 6) is 0. The Bertz CT molecular complexity index is 814. The minimum absolute atomic E-state index is 0.00111. The Labute approximate surface area is 142 Å². The van der Waals surface area contributed by atoms with Gasteiger partial charge in [-0.3, -0.25) is 4.84 Å². The van der Waals surface area contributed by atoms with Crippen molar-refractivity contribution in [2.75, 3.05) is 5.06 Å². The van der Waals surface area contributed by atoms with Crippen LogP contribution < -0.4 is 5.06 Å². The summed E-state index contributed by atoms with van der Waals surface area (Å²) >= 11 is 0. The lowest BCUT2D eigenvalue weighted by Gasteiger charge is -2.25. The maximum Gasteiger partial charge on any atom is 0.134 e. The number of rotatable bonds is 3. The van der Waals surface area contributed by atoms with Crippen LogP contribution in [-0.4, -0.2) is 0 Å². The first kappa shape index (κ1) is 14.7. The molecule has 1 aliphatic rings. The van der Waals surface area contributed by atoms with Crippen LogP contribution >= 0.6 is 0 Å². The van der Waals surface area contributed by atoms with Crippen LogP contribution in [0.3, 0.4) is 0 Å². The molecular formula is C22H19NO. The lowest BCUT2D eigenvalue weighted by Crippen LogP contribution is -2.21. The van der Waals surface area contributed by atoms with Crippen molar-refractivity contribution in [2.45, 2.75) is 12.1 Å². The van der Waals surface area contributed by atoms with E-state index in [-0.39, 0.29) is 12.1 Å². The highest BCUT2D eigenvalue weighted by atomic mass is 16.7. The van der Waals surface area contributed by atoms with Gasteiger partial charge in [0.1, 0.15) is 12.1 Å². The number of hydrogen-bond donors (Lipinski definition) is 0. The predicted octanol–water partition coefficient (Wildman–Crippen LogP) is 5.48. The molecule has 0 spiro atoms. The van der Waals surface area contributed by atoms with Crippen molar-refractivity contribution < 1.29 is 4.84 Å². The Hall–Kier alpha value is -2.84. The monoisotopic (exact) mass is 313 g/mol. The number of para-hydroxylation sites is 1. The quantitative estimate of drug-likeness (QED) is 0.594. The fraction of sp³-hybridized carbons (Fsp3) is 0.0909. The second kappa shape index (κ2) is 6.34. The maximum absolute atomic E-state index is 6.35. The van der Waals surface area contributed by atoms with E-state index in [0.717, 1.165) is 16.8 Å². The SMILES string of the molecule is C=C1C(c2ccccc2)ON(c2ccccc2)C1c1ccccc1. The van der Waals surface area contributed by atoms with Gasteiger partial charge in [-0.2, -0.15) is 0 Å². The average Bonchev–Trinajstić information content (AvgIpc) is 3.01. The number of nitrogens with zero attached hydrogens (tertiary/aromatic N) is 1. The normalized spacial score (nSPS) is 20.3. The molecule has 0 amide bonds. The third-order valence-corrected chi connectivity index (χ3v) is 4.37. The van der Waals surface area contributed by atoms with Crippen molar-refractivity contribution in [3.8, 4) is 0 Å². The molecule has 24 heavy (non-hydrogen) atoms. The van der Waals surface area contributed by atoms with Gasteiger partial charge in [0, 0.05) is 0 Å². The first-order chi connectivity index (χ1) is 11.8. The van der Waals surface area contributed by atoms with Crippen molar-refractivity contribution in [3.63, 3.8) is 0 Å². The van der Waals surface area contributed by atoms with E-state index in [0.29, 0.717) is 0 Å². The molecule has 0 radical (unpaired) electrons. The molecule has 118 valence electrons. The molecule has 0 N–H and O–H groups in total. The Kier molecular flexibility index (Phi) is 3.89. The van der Waals surface area contributed by atoms with Crippen molar-refractivity contribution >= 4 is 5.69 Å². The van der Waals surface area contributed by atoms with Crippen molar-refractivity contribution in [1.29, 1.82) is 0 Å². The fourth-order valence-electron chi connectivity index (χ4n) is 3.21. The second-order valence-corrected chi connectivity index (χ2v) is 5.95. The molecular weight excluding hydrogens is 294 g/mol. The first-order valence-electron chi connectivity index (χ1n) is 8.14. The van der Waals surface area contributed by atoms with Gasteiger partial charge in [0.25, 0.3) is 0 Å². The van der Waals surface area contributed by atoms with Crippen LogP contribution in [0.4, 0.5) is 5.69 Å². The summed E-state index contributed by atoms with van der Waals surface area (Å²) in [4.78, 5) is 6.35. The van der Waals surface area contributed by atoms with Crippen LogP contribution in [0.25, 0.3) is 0 Å². The van der Waals surface area contributed by atoms with E-state index in [2.05, 4.69) is 55.1 Å². The summed E-state index contributed by atoms with van der Waals surface area (Å²) in [6.07, 6.45) is -0.142. The van der Waals surface area contributed by atoms with Gasteiger partial charge in [-0.1, -0.05) is 85.4 Å². The molecule has 4 rings (SSSR count). The van der Waals surface area contributed by atoms with Gasteiger partial charge < -0.3 is 0 Å². The highest BCUT2D eigenvalue weighted by molar-refractivity contribution is 5.52. The largest absolute Gasteiger partial charge is 0.260 e. The van der Waals surface area contributed by atoms with Gasteiger partial charge in [-0.05, 0) is 28.8 Å². The zero-order chi connectivity index (χ0) is 16.4. The first-order valence-corrected chi connectivity index (χ1v) is 8.14. The second-order valence-electron chi connectivity index (χ2n) is 5.95. The van der Waals surface area contributed by atoms with Crippen molar-refractivity contribution in [3.05, 3.63) is 114 Å². The van der Waals surface area contributed by atoms with Gasteiger partial charge in [0.2, 0.25) is 0 Å². The maximum atomic E-state index is 6.35. The number of anilines is 1. The lowest BCUT2D eigenvalue weighted by molar-refractivity contribution is 0.0928. The zero-order valence-corrected chi connectivity index (χ0v) is 13.4. The third kappa shape index (κ3) is 2.61. The lowest BCUT2D eigenvalue weighted by atomic mass is 9.93. The van der Waals surface area contributed by atoms with E-state index in [9.17, 15) is 0 Å². The highest BCUT2D eigenvalue weighted by Gasteiger charge is 2.39. The van der Waals surface area contributed by atoms with E-state index in [4.69, 9.17) is 4.84 Å². The van der Waals surface area contributed by atoms with Crippen LogP contribution in [0.5, 0.6) is 0 Å². The average molecular weight is 313 g/mol. The number of hydrogen-bond acceptors (Lipinski definition) is 2. The fourth-order valence-corrected chi connectivity index (χ4v) is 3.21. The minimum atomic E-state index is -0.142. The van der Waals surface area contributed by atoms with Gasteiger partial charge >= 0.3 is 0 Å². The van der Waals surface area contributed by atoms with Crippen LogP contribution in [0.15, 0.2) is 103 Å². The Morgan fingerprint density at radius 1 is 0.667 bits per heavy atom. The number of benzene rings is 3. The highest BCUT2D eigenvalue weighted by Crippen LogP contribution is 2.47. The summed E-state index contributed by atoms with van der Waals surface area (Å²) in [5.41, 5.74) is 4.40. The summed E-state index contributed by atoms with van der Waals surface area (Å²) < 4.78 is 0. The van der Waals surface area contributed by atoms with E-state index in [1.807, 2.05) is 47.5 Å². The Balaban J connectivity index is 1.77. The Morgan fingerprint density at radius 3 is 1.75 bits per heavy atom. The molecule has 0 aromatic heterocycles. The van der Waals surface area contributed by atoms with E-state index in [1.54, 1.807) is 0 Å². The number of hydroxylamine groups is 1. The molecule has 3 aromatic rings. The van der Waals surface area contributed by atoms with Crippen LogP contribution in [0.2, 0.25) is 0 Å². The third-order valence-electron chi connectivity index (χ3n) is 4.37. The molecule has 0 saturated carbocycles. The van der Waals surface area contributed by atoms with E-state index < -0.39 is 0 Å². The smallest absolute Gasteiger partial charge is 0.134 e.